The monoisotopic (exact) mass is 239 g/mol. The molecule has 0 atom stereocenters. The lowest BCUT2D eigenvalue weighted by Gasteiger charge is -2.27. The van der Waals surface area contributed by atoms with Gasteiger partial charge >= 0.3 is 6.18 Å². The molecule has 1 aliphatic heterocycles. The molecule has 0 aliphatic carbocycles. The standard InChI is InChI=1S/C8H9ClF3N3/c1-15-7(9)5(4-2-13-3-4)6(14-15)8(10,11)12/h4,13H,2-3H2,1H3. The number of alkyl halides is 3. The van der Waals surface area contributed by atoms with E-state index in [1.807, 2.05) is 0 Å². The zero-order chi connectivity index (χ0) is 11.2. The molecule has 0 saturated carbocycles. The highest BCUT2D eigenvalue weighted by atomic mass is 35.5. The largest absolute Gasteiger partial charge is 0.435 e. The lowest BCUT2D eigenvalue weighted by atomic mass is 9.94. The van der Waals surface area contributed by atoms with Gasteiger partial charge < -0.3 is 5.32 Å². The van der Waals surface area contributed by atoms with Crippen LogP contribution in [0.4, 0.5) is 13.2 Å². The summed E-state index contributed by atoms with van der Waals surface area (Å²) in [5.41, 5.74) is -0.744. The average molecular weight is 240 g/mol. The molecule has 0 bridgehead atoms. The van der Waals surface area contributed by atoms with E-state index in [-0.39, 0.29) is 16.6 Å². The van der Waals surface area contributed by atoms with Crippen LogP contribution in [-0.2, 0) is 13.2 Å². The summed E-state index contributed by atoms with van der Waals surface area (Å²) in [5, 5.41) is 6.41. The van der Waals surface area contributed by atoms with Crippen molar-refractivity contribution < 1.29 is 13.2 Å². The molecule has 7 heteroatoms. The number of rotatable bonds is 1. The van der Waals surface area contributed by atoms with Gasteiger partial charge in [0.2, 0.25) is 0 Å². The number of hydrogen-bond acceptors (Lipinski definition) is 2. The highest BCUT2D eigenvalue weighted by molar-refractivity contribution is 6.30. The normalized spacial score (nSPS) is 17.9. The van der Waals surface area contributed by atoms with Gasteiger partial charge in [-0.2, -0.15) is 18.3 Å². The van der Waals surface area contributed by atoms with E-state index in [0.717, 1.165) is 4.68 Å². The van der Waals surface area contributed by atoms with Gasteiger partial charge in [-0.05, 0) is 0 Å². The number of aromatic nitrogens is 2. The Kier molecular flexibility index (Phi) is 2.42. The van der Waals surface area contributed by atoms with Crippen molar-refractivity contribution in [2.24, 2.45) is 7.05 Å². The highest BCUT2D eigenvalue weighted by Gasteiger charge is 2.41. The third kappa shape index (κ3) is 1.72. The van der Waals surface area contributed by atoms with Crippen molar-refractivity contribution in [3.63, 3.8) is 0 Å². The molecule has 3 nitrogen and oxygen atoms in total. The van der Waals surface area contributed by atoms with Crippen LogP contribution in [0, 0.1) is 0 Å². The lowest BCUT2D eigenvalue weighted by molar-refractivity contribution is -0.142. The molecular formula is C8H9ClF3N3. The van der Waals surface area contributed by atoms with E-state index in [9.17, 15) is 13.2 Å². The summed E-state index contributed by atoms with van der Waals surface area (Å²) in [6.07, 6.45) is -4.43. The summed E-state index contributed by atoms with van der Waals surface area (Å²) in [5.74, 6) is -0.178. The fourth-order valence-electron chi connectivity index (χ4n) is 1.58. The summed E-state index contributed by atoms with van der Waals surface area (Å²) in [6.45, 7) is 1.04. The summed E-state index contributed by atoms with van der Waals surface area (Å²) in [7, 11) is 1.41. The molecule has 0 spiro atoms. The van der Waals surface area contributed by atoms with Crippen molar-refractivity contribution in [2.45, 2.75) is 12.1 Å². The molecule has 1 aromatic rings. The molecule has 0 amide bonds. The molecule has 0 radical (unpaired) electrons. The molecule has 1 fully saturated rings. The first-order valence-electron chi connectivity index (χ1n) is 4.41. The number of aryl methyl sites for hydroxylation is 1. The summed E-state index contributed by atoms with van der Waals surface area (Å²) >= 11 is 5.80. The molecule has 2 heterocycles. The van der Waals surface area contributed by atoms with Gasteiger partial charge in [0, 0.05) is 31.6 Å². The zero-order valence-electron chi connectivity index (χ0n) is 7.90. The van der Waals surface area contributed by atoms with Crippen LogP contribution in [0.3, 0.4) is 0 Å². The number of nitrogens with one attached hydrogen (secondary N) is 1. The van der Waals surface area contributed by atoms with E-state index < -0.39 is 11.9 Å². The van der Waals surface area contributed by atoms with E-state index in [4.69, 9.17) is 11.6 Å². The van der Waals surface area contributed by atoms with Gasteiger partial charge in [-0.3, -0.25) is 4.68 Å². The van der Waals surface area contributed by atoms with Crippen LogP contribution < -0.4 is 5.32 Å². The number of nitrogens with zero attached hydrogens (tertiary/aromatic N) is 2. The van der Waals surface area contributed by atoms with Gasteiger partial charge in [-0.15, -0.1) is 0 Å². The molecule has 0 unspecified atom stereocenters. The van der Waals surface area contributed by atoms with Crippen molar-refractivity contribution in [1.29, 1.82) is 0 Å². The molecular weight excluding hydrogens is 231 g/mol. The van der Waals surface area contributed by atoms with Gasteiger partial charge in [0.05, 0.1) is 0 Å². The number of halogens is 4. The maximum Gasteiger partial charge on any atom is 0.435 e. The van der Waals surface area contributed by atoms with Crippen molar-refractivity contribution in [3.8, 4) is 0 Å². The maximum atomic E-state index is 12.6. The van der Waals surface area contributed by atoms with Crippen LogP contribution >= 0.6 is 11.6 Å². The molecule has 2 rings (SSSR count). The Bertz CT molecular complexity index is 381. The first kappa shape index (κ1) is 10.8. The van der Waals surface area contributed by atoms with E-state index in [1.165, 1.54) is 7.05 Å². The first-order valence-corrected chi connectivity index (χ1v) is 4.79. The topological polar surface area (TPSA) is 29.9 Å². The Morgan fingerprint density at radius 3 is 2.47 bits per heavy atom. The summed E-state index contributed by atoms with van der Waals surface area (Å²) < 4.78 is 38.9. The Morgan fingerprint density at radius 1 is 1.47 bits per heavy atom. The third-order valence-electron chi connectivity index (χ3n) is 2.47. The van der Waals surface area contributed by atoms with Crippen molar-refractivity contribution in [3.05, 3.63) is 16.4 Å². The average Bonchev–Trinajstić information content (AvgIpc) is 2.28. The fourth-order valence-corrected chi connectivity index (χ4v) is 1.87. The lowest BCUT2D eigenvalue weighted by Crippen LogP contribution is -2.40. The van der Waals surface area contributed by atoms with Crippen LogP contribution in [0.5, 0.6) is 0 Å². The van der Waals surface area contributed by atoms with Crippen LogP contribution in [0.1, 0.15) is 17.2 Å². The second-order valence-corrected chi connectivity index (χ2v) is 3.89. The smallest absolute Gasteiger partial charge is 0.315 e. The van der Waals surface area contributed by atoms with Crippen LogP contribution in [0.15, 0.2) is 0 Å². The van der Waals surface area contributed by atoms with Gasteiger partial charge in [0.1, 0.15) is 5.15 Å². The van der Waals surface area contributed by atoms with Gasteiger partial charge in [-0.1, -0.05) is 11.6 Å². The second kappa shape index (κ2) is 3.38. The van der Waals surface area contributed by atoms with Crippen LogP contribution in [0.2, 0.25) is 5.15 Å². The molecule has 0 aromatic carbocycles. The minimum Gasteiger partial charge on any atom is -0.315 e. The predicted molar refractivity (Wildman–Crippen MR) is 48.8 cm³/mol. The molecule has 84 valence electrons. The quantitative estimate of drug-likeness (QED) is 0.810. The van der Waals surface area contributed by atoms with E-state index in [1.54, 1.807) is 0 Å². The summed E-state index contributed by atoms with van der Waals surface area (Å²) in [6, 6.07) is 0. The third-order valence-corrected chi connectivity index (χ3v) is 2.92. The van der Waals surface area contributed by atoms with Crippen LogP contribution in [0.25, 0.3) is 0 Å². The Balaban J connectivity index is 2.49. The molecule has 1 saturated heterocycles. The Labute approximate surface area is 89.2 Å². The van der Waals surface area contributed by atoms with Gasteiger partial charge in [-0.25, -0.2) is 0 Å². The van der Waals surface area contributed by atoms with E-state index in [0.29, 0.717) is 13.1 Å². The Hall–Kier alpha value is -0.750. The fraction of sp³-hybridized carbons (Fsp3) is 0.625. The van der Waals surface area contributed by atoms with Gasteiger partial charge in [0.15, 0.2) is 5.69 Å². The minimum atomic E-state index is -4.43. The second-order valence-electron chi connectivity index (χ2n) is 3.53. The minimum absolute atomic E-state index is 0.0776. The predicted octanol–water partition coefficient (Wildman–Crippen LogP) is 1.78. The number of hydrogen-bond donors (Lipinski definition) is 1. The van der Waals surface area contributed by atoms with Crippen molar-refractivity contribution >= 4 is 11.6 Å². The Morgan fingerprint density at radius 2 is 2.07 bits per heavy atom. The first-order chi connectivity index (χ1) is 6.91. The van der Waals surface area contributed by atoms with Crippen molar-refractivity contribution in [2.75, 3.05) is 13.1 Å². The van der Waals surface area contributed by atoms with Crippen molar-refractivity contribution in [1.82, 2.24) is 15.1 Å². The maximum absolute atomic E-state index is 12.6. The molecule has 1 aliphatic rings. The van der Waals surface area contributed by atoms with E-state index in [2.05, 4.69) is 10.4 Å². The highest BCUT2D eigenvalue weighted by Crippen LogP contribution is 2.39. The SMILES string of the molecule is Cn1nc(C(F)(F)F)c(C2CNC2)c1Cl. The van der Waals surface area contributed by atoms with E-state index >= 15 is 0 Å². The zero-order valence-corrected chi connectivity index (χ0v) is 8.65. The molecule has 1 aromatic heterocycles. The van der Waals surface area contributed by atoms with Crippen LogP contribution in [-0.4, -0.2) is 22.9 Å². The van der Waals surface area contributed by atoms with Gasteiger partial charge in [0.25, 0.3) is 0 Å². The molecule has 1 N–H and O–H groups in total. The molecule has 15 heavy (non-hydrogen) atoms. The summed E-state index contributed by atoms with van der Waals surface area (Å²) in [4.78, 5) is 0.